The molecule has 6 nitrogen and oxygen atoms in total. The van der Waals surface area contributed by atoms with E-state index in [2.05, 4.69) is 15.0 Å². The van der Waals surface area contributed by atoms with E-state index >= 15 is 0 Å². The monoisotopic (exact) mass is 280 g/mol. The highest BCUT2D eigenvalue weighted by atomic mass is 35.5. The van der Waals surface area contributed by atoms with Gasteiger partial charge in [0.2, 0.25) is 0 Å². The van der Waals surface area contributed by atoms with E-state index in [1.807, 2.05) is 0 Å². The number of pyridine rings is 1. The quantitative estimate of drug-likeness (QED) is 0.859. The summed E-state index contributed by atoms with van der Waals surface area (Å²) in [6.07, 6.45) is 4.70. The number of imidazole rings is 1. The van der Waals surface area contributed by atoms with Gasteiger partial charge in [-0.15, -0.1) is 0 Å². The summed E-state index contributed by atoms with van der Waals surface area (Å²) in [5.74, 6) is 0.373. The Balaban J connectivity index is 2.13. The molecule has 0 unspecified atom stereocenters. The third-order valence-electron chi connectivity index (χ3n) is 2.50. The summed E-state index contributed by atoms with van der Waals surface area (Å²) < 4.78 is 0. The van der Waals surface area contributed by atoms with E-state index in [0.717, 1.165) is 0 Å². The van der Waals surface area contributed by atoms with Crippen molar-refractivity contribution in [2.75, 3.05) is 13.2 Å². The number of aliphatic hydroxyl groups excluding tert-OH is 1. The Morgan fingerprint density at radius 2 is 2.26 bits per heavy atom. The number of aliphatic hydroxyl groups is 1. The third-order valence-corrected chi connectivity index (χ3v) is 2.72. The predicted octanol–water partition coefficient (Wildman–Crippen LogP) is 1.09. The van der Waals surface area contributed by atoms with E-state index in [4.69, 9.17) is 16.7 Å². The van der Waals surface area contributed by atoms with Crippen LogP contribution in [0.5, 0.6) is 0 Å². The van der Waals surface area contributed by atoms with Crippen LogP contribution in [0.1, 0.15) is 16.3 Å². The van der Waals surface area contributed by atoms with Crippen molar-refractivity contribution in [2.45, 2.75) is 6.54 Å². The molecule has 0 bridgehead atoms. The average molecular weight is 281 g/mol. The number of aromatic amines is 1. The van der Waals surface area contributed by atoms with Crippen LogP contribution in [0.2, 0.25) is 5.02 Å². The molecule has 0 aliphatic rings. The lowest BCUT2D eigenvalue weighted by Gasteiger charge is -2.20. The highest BCUT2D eigenvalue weighted by Crippen LogP contribution is 2.09. The van der Waals surface area contributed by atoms with Crippen molar-refractivity contribution in [3.8, 4) is 0 Å². The fourth-order valence-electron chi connectivity index (χ4n) is 1.60. The minimum atomic E-state index is -0.276. The van der Waals surface area contributed by atoms with Gasteiger partial charge in [0, 0.05) is 25.1 Å². The molecule has 2 heterocycles. The summed E-state index contributed by atoms with van der Waals surface area (Å²) in [6.45, 7) is 0.376. The normalized spacial score (nSPS) is 10.4. The van der Waals surface area contributed by atoms with E-state index < -0.39 is 0 Å². The van der Waals surface area contributed by atoms with Crippen molar-refractivity contribution in [3.63, 3.8) is 0 Å². The molecule has 0 aromatic carbocycles. The maximum absolute atomic E-state index is 12.2. The van der Waals surface area contributed by atoms with E-state index in [1.54, 1.807) is 24.5 Å². The lowest BCUT2D eigenvalue weighted by atomic mass is 10.3. The number of hydrogen-bond acceptors (Lipinski definition) is 4. The number of carbonyl (C=O) groups is 1. The summed E-state index contributed by atoms with van der Waals surface area (Å²) in [5, 5.41) is 9.51. The number of nitrogens with one attached hydrogen (secondary N) is 1. The number of amides is 1. The third kappa shape index (κ3) is 3.52. The van der Waals surface area contributed by atoms with E-state index in [-0.39, 0.29) is 31.3 Å². The Labute approximate surface area is 115 Å². The zero-order valence-electron chi connectivity index (χ0n) is 10.1. The molecule has 2 N–H and O–H groups in total. The number of aromatic nitrogens is 3. The maximum Gasteiger partial charge on any atom is 0.272 e. The van der Waals surface area contributed by atoms with Gasteiger partial charge in [-0.25, -0.2) is 9.97 Å². The van der Waals surface area contributed by atoms with Crippen LogP contribution in [0.15, 0.2) is 30.7 Å². The molecule has 0 aliphatic carbocycles. The van der Waals surface area contributed by atoms with Crippen molar-refractivity contribution in [2.24, 2.45) is 0 Å². The number of hydrogen-bond donors (Lipinski definition) is 2. The van der Waals surface area contributed by atoms with E-state index in [1.165, 1.54) is 11.1 Å². The van der Waals surface area contributed by atoms with Gasteiger partial charge < -0.3 is 15.0 Å². The molecule has 0 atom stereocenters. The summed E-state index contributed by atoms with van der Waals surface area (Å²) >= 11 is 5.73. The van der Waals surface area contributed by atoms with E-state index in [0.29, 0.717) is 10.8 Å². The topological polar surface area (TPSA) is 82.1 Å². The molecule has 19 heavy (non-hydrogen) atoms. The Hall–Kier alpha value is -1.92. The molecule has 100 valence electrons. The predicted molar refractivity (Wildman–Crippen MR) is 69.7 cm³/mol. The highest BCUT2D eigenvalue weighted by Gasteiger charge is 2.17. The van der Waals surface area contributed by atoms with Crippen LogP contribution >= 0.6 is 11.6 Å². The van der Waals surface area contributed by atoms with Crippen LogP contribution in [0, 0.1) is 0 Å². The number of H-pyrrole nitrogens is 1. The molecule has 0 fully saturated rings. The SMILES string of the molecule is O=C(c1ccc(Cl)cn1)N(CCO)Cc1ncc[nH]1. The van der Waals surface area contributed by atoms with Crippen LogP contribution in [0.4, 0.5) is 0 Å². The van der Waals surface area contributed by atoms with Crippen molar-refractivity contribution >= 4 is 17.5 Å². The summed E-state index contributed by atoms with van der Waals surface area (Å²) in [6, 6.07) is 3.16. The first-order chi connectivity index (χ1) is 9.20. The number of halogens is 1. The molecule has 0 saturated carbocycles. The molecule has 0 saturated heterocycles. The van der Waals surface area contributed by atoms with Crippen molar-refractivity contribution < 1.29 is 9.90 Å². The Kier molecular flexibility index (Phi) is 4.48. The molecule has 0 radical (unpaired) electrons. The number of nitrogens with zero attached hydrogens (tertiary/aromatic N) is 3. The first-order valence-electron chi connectivity index (χ1n) is 5.70. The van der Waals surface area contributed by atoms with Gasteiger partial charge in [-0.2, -0.15) is 0 Å². The molecule has 0 spiro atoms. The molecule has 2 rings (SSSR count). The lowest BCUT2D eigenvalue weighted by Crippen LogP contribution is -2.34. The molecular weight excluding hydrogens is 268 g/mol. The Morgan fingerprint density at radius 1 is 1.42 bits per heavy atom. The van der Waals surface area contributed by atoms with Crippen LogP contribution in [-0.2, 0) is 6.54 Å². The second kappa shape index (κ2) is 6.31. The molecule has 0 aliphatic heterocycles. The van der Waals surface area contributed by atoms with Gasteiger partial charge in [-0.05, 0) is 12.1 Å². The van der Waals surface area contributed by atoms with Gasteiger partial charge >= 0.3 is 0 Å². The minimum absolute atomic E-state index is 0.125. The van der Waals surface area contributed by atoms with Gasteiger partial charge in [0.1, 0.15) is 11.5 Å². The average Bonchev–Trinajstić information content (AvgIpc) is 2.91. The van der Waals surface area contributed by atoms with Gasteiger partial charge in [-0.1, -0.05) is 11.6 Å². The smallest absolute Gasteiger partial charge is 0.272 e. The molecule has 2 aromatic heterocycles. The van der Waals surface area contributed by atoms with Crippen LogP contribution in [-0.4, -0.2) is 44.0 Å². The summed E-state index contributed by atoms with van der Waals surface area (Å²) in [5.41, 5.74) is 0.282. The summed E-state index contributed by atoms with van der Waals surface area (Å²) in [7, 11) is 0. The van der Waals surface area contributed by atoms with Crippen LogP contribution in [0.25, 0.3) is 0 Å². The Bertz CT molecular complexity index is 527. The fraction of sp³-hybridized carbons (Fsp3) is 0.250. The van der Waals surface area contributed by atoms with Gasteiger partial charge in [0.25, 0.3) is 5.91 Å². The molecule has 2 aromatic rings. The van der Waals surface area contributed by atoms with Crippen molar-refractivity contribution in [1.82, 2.24) is 19.9 Å². The lowest BCUT2D eigenvalue weighted by molar-refractivity contribution is 0.0697. The molecular formula is C12H13ClN4O2. The van der Waals surface area contributed by atoms with Crippen LogP contribution in [0.3, 0.4) is 0 Å². The minimum Gasteiger partial charge on any atom is -0.395 e. The fourth-order valence-corrected chi connectivity index (χ4v) is 1.71. The highest BCUT2D eigenvalue weighted by molar-refractivity contribution is 6.30. The zero-order valence-corrected chi connectivity index (χ0v) is 10.8. The Morgan fingerprint density at radius 3 is 2.84 bits per heavy atom. The standard InChI is InChI=1S/C12H13ClN4O2/c13-9-1-2-10(16-7-9)12(19)17(5-6-18)8-11-14-3-4-15-11/h1-4,7,18H,5-6,8H2,(H,14,15). The summed E-state index contributed by atoms with van der Waals surface area (Å²) in [4.78, 5) is 24.7. The van der Waals surface area contributed by atoms with Gasteiger partial charge in [-0.3, -0.25) is 4.79 Å². The second-order valence-electron chi connectivity index (χ2n) is 3.85. The maximum atomic E-state index is 12.2. The van der Waals surface area contributed by atoms with E-state index in [9.17, 15) is 4.79 Å². The number of carbonyl (C=O) groups excluding carboxylic acids is 1. The van der Waals surface area contributed by atoms with Crippen molar-refractivity contribution in [3.05, 3.63) is 47.3 Å². The van der Waals surface area contributed by atoms with Gasteiger partial charge in [0.05, 0.1) is 18.2 Å². The largest absolute Gasteiger partial charge is 0.395 e. The molecule has 1 amide bonds. The first-order valence-corrected chi connectivity index (χ1v) is 6.08. The second-order valence-corrected chi connectivity index (χ2v) is 4.28. The van der Waals surface area contributed by atoms with Gasteiger partial charge in [0.15, 0.2) is 0 Å². The zero-order chi connectivity index (χ0) is 13.7. The number of rotatable bonds is 5. The molecule has 7 heteroatoms. The van der Waals surface area contributed by atoms with Crippen molar-refractivity contribution in [1.29, 1.82) is 0 Å². The first kappa shape index (κ1) is 13.5. The van der Waals surface area contributed by atoms with Crippen LogP contribution < -0.4 is 0 Å².